The van der Waals surface area contributed by atoms with Crippen LogP contribution in [-0.2, 0) is 13.0 Å². The predicted octanol–water partition coefficient (Wildman–Crippen LogP) is 5.65. The van der Waals surface area contributed by atoms with Crippen LogP contribution in [0.25, 0.3) is 21.8 Å². The minimum Gasteiger partial charge on any atom is -0.474 e. The number of hydrogen-bond acceptors (Lipinski definition) is 7. The summed E-state index contributed by atoms with van der Waals surface area (Å²) in [6, 6.07) is 16.5. The Kier molecular flexibility index (Phi) is 7.48. The van der Waals surface area contributed by atoms with Crippen LogP contribution >= 0.6 is 0 Å². The van der Waals surface area contributed by atoms with Gasteiger partial charge < -0.3 is 19.5 Å². The van der Waals surface area contributed by atoms with E-state index >= 15 is 0 Å². The molecular weight excluding hydrogens is 534 g/mol. The summed E-state index contributed by atoms with van der Waals surface area (Å²) in [7, 11) is 2.05. The first-order chi connectivity index (χ1) is 21.0. The van der Waals surface area contributed by atoms with Gasteiger partial charge in [0.25, 0.3) is 0 Å². The molecule has 0 saturated carbocycles. The van der Waals surface area contributed by atoms with Crippen LogP contribution in [0.15, 0.2) is 42.7 Å². The van der Waals surface area contributed by atoms with E-state index in [2.05, 4.69) is 83.0 Å². The van der Waals surface area contributed by atoms with E-state index < -0.39 is 0 Å². The predicted molar refractivity (Wildman–Crippen MR) is 172 cm³/mol. The van der Waals surface area contributed by atoms with Gasteiger partial charge in [-0.15, -0.1) is 0 Å². The minimum absolute atomic E-state index is 0.0972. The molecule has 7 rings (SSSR count). The maximum absolute atomic E-state index is 10.6. The van der Waals surface area contributed by atoms with Crippen molar-refractivity contribution in [3.8, 4) is 11.9 Å². The summed E-state index contributed by atoms with van der Waals surface area (Å²) in [5.74, 6) is 1.22. The van der Waals surface area contributed by atoms with Gasteiger partial charge in [0.15, 0.2) is 11.3 Å². The third-order valence-corrected chi connectivity index (χ3v) is 10.2. The number of imidazole rings is 1. The number of rotatable bonds is 9. The summed E-state index contributed by atoms with van der Waals surface area (Å²) < 4.78 is 8.81. The SMILES string of the molecule is CCc1cccc2cccc(Cn3cnc4c(OCC56CCCN5CCC6)nc(N(C)CC5CCC(C)N5)c(C#N)c43)c12. The zero-order chi connectivity index (χ0) is 29.6. The van der Waals surface area contributed by atoms with E-state index in [9.17, 15) is 5.26 Å². The van der Waals surface area contributed by atoms with E-state index in [1.54, 1.807) is 0 Å². The number of hydrogen-bond donors (Lipinski definition) is 1. The molecule has 224 valence electrons. The summed E-state index contributed by atoms with van der Waals surface area (Å²) in [5, 5.41) is 16.8. The van der Waals surface area contributed by atoms with E-state index in [1.807, 2.05) is 6.33 Å². The van der Waals surface area contributed by atoms with Gasteiger partial charge in [-0.2, -0.15) is 10.2 Å². The summed E-state index contributed by atoms with van der Waals surface area (Å²) >= 11 is 0. The maximum atomic E-state index is 10.6. The van der Waals surface area contributed by atoms with Gasteiger partial charge in [0.1, 0.15) is 18.2 Å². The molecule has 3 saturated heterocycles. The van der Waals surface area contributed by atoms with Gasteiger partial charge in [0.05, 0.1) is 17.4 Å². The molecular formula is C35H43N7O. The van der Waals surface area contributed by atoms with Crippen LogP contribution in [0.2, 0.25) is 0 Å². The number of nitriles is 1. The van der Waals surface area contributed by atoms with E-state index in [1.165, 1.54) is 54.0 Å². The Morgan fingerprint density at radius 3 is 2.58 bits per heavy atom. The Bertz CT molecular complexity index is 1670. The van der Waals surface area contributed by atoms with Crippen LogP contribution in [0.4, 0.5) is 5.82 Å². The maximum Gasteiger partial charge on any atom is 0.244 e. The lowest BCUT2D eigenvalue weighted by molar-refractivity contribution is 0.112. The summed E-state index contributed by atoms with van der Waals surface area (Å²) in [4.78, 5) is 14.7. The van der Waals surface area contributed by atoms with Crippen molar-refractivity contribution < 1.29 is 4.74 Å². The van der Waals surface area contributed by atoms with Crippen LogP contribution in [0.1, 0.15) is 69.1 Å². The smallest absolute Gasteiger partial charge is 0.244 e. The van der Waals surface area contributed by atoms with E-state index in [0.717, 1.165) is 38.0 Å². The van der Waals surface area contributed by atoms with Crippen molar-refractivity contribution in [2.75, 3.05) is 38.2 Å². The largest absolute Gasteiger partial charge is 0.474 e. The molecule has 0 spiro atoms. The van der Waals surface area contributed by atoms with Crippen LogP contribution in [-0.4, -0.2) is 70.3 Å². The van der Waals surface area contributed by atoms with Crippen molar-refractivity contribution in [3.63, 3.8) is 0 Å². The number of ether oxygens (including phenoxy) is 1. The van der Waals surface area contributed by atoms with Gasteiger partial charge in [-0.25, -0.2) is 4.98 Å². The first-order valence-corrected chi connectivity index (χ1v) is 16.1. The Balaban J connectivity index is 1.31. The second kappa shape index (κ2) is 11.4. The number of benzene rings is 2. The topological polar surface area (TPSA) is 82.2 Å². The lowest BCUT2D eigenvalue weighted by Gasteiger charge is -2.31. The fourth-order valence-corrected chi connectivity index (χ4v) is 8.07. The first kappa shape index (κ1) is 28.1. The number of fused-ring (bicyclic) bond motifs is 3. The average molecular weight is 578 g/mol. The van der Waals surface area contributed by atoms with E-state index in [4.69, 9.17) is 14.7 Å². The molecule has 3 aliphatic rings. The van der Waals surface area contributed by atoms with Crippen molar-refractivity contribution in [1.29, 1.82) is 5.26 Å². The highest BCUT2D eigenvalue weighted by Crippen LogP contribution is 2.40. The van der Waals surface area contributed by atoms with Crippen molar-refractivity contribution in [3.05, 3.63) is 59.4 Å². The Labute approximate surface area is 254 Å². The summed E-state index contributed by atoms with van der Waals surface area (Å²) in [6.45, 7) is 8.76. The standard InChI is InChI=1S/C35H43N7O/c1-4-25-9-5-10-26-11-6-12-27(30(25)26)20-41-23-37-31-32(41)29(19-36)33(40(3)21-28-14-13-24(2)38-28)39-34(31)43-22-35-15-7-17-42(35)18-8-16-35/h5-6,9-12,23-24,28,38H,4,7-8,13-18,20-22H2,1-3H3. The number of anilines is 1. The zero-order valence-electron chi connectivity index (χ0n) is 25.8. The molecule has 0 amide bonds. The van der Waals surface area contributed by atoms with Crippen LogP contribution in [0.3, 0.4) is 0 Å². The number of aryl methyl sites for hydroxylation is 1. The van der Waals surface area contributed by atoms with Crippen molar-refractivity contribution in [2.24, 2.45) is 0 Å². The lowest BCUT2D eigenvalue weighted by Crippen LogP contribution is -2.43. The number of pyridine rings is 1. The molecule has 0 radical (unpaired) electrons. The van der Waals surface area contributed by atoms with Crippen molar-refractivity contribution in [2.45, 2.75) is 83.0 Å². The normalized spacial score (nSPS) is 21.4. The Morgan fingerprint density at radius 2 is 1.88 bits per heavy atom. The molecule has 3 aliphatic heterocycles. The highest BCUT2D eigenvalue weighted by molar-refractivity contribution is 5.91. The second-order valence-electron chi connectivity index (χ2n) is 13.0. The van der Waals surface area contributed by atoms with Gasteiger partial charge in [-0.1, -0.05) is 43.3 Å². The van der Waals surface area contributed by atoms with Gasteiger partial charge in [0, 0.05) is 32.2 Å². The number of likely N-dealkylation sites (N-methyl/N-ethyl adjacent to an activating group) is 1. The molecule has 3 fully saturated rings. The lowest BCUT2D eigenvalue weighted by atomic mass is 9.95. The van der Waals surface area contributed by atoms with E-state index in [0.29, 0.717) is 48.0 Å². The molecule has 2 unspecified atom stereocenters. The molecule has 1 N–H and O–H groups in total. The number of nitrogens with zero attached hydrogens (tertiary/aromatic N) is 6. The van der Waals surface area contributed by atoms with Crippen LogP contribution in [0.5, 0.6) is 5.88 Å². The molecule has 2 aromatic carbocycles. The number of aromatic nitrogens is 3. The second-order valence-corrected chi connectivity index (χ2v) is 13.0. The highest BCUT2D eigenvalue weighted by Gasteiger charge is 2.45. The summed E-state index contributed by atoms with van der Waals surface area (Å²) in [5.41, 5.74) is 4.70. The van der Waals surface area contributed by atoms with Crippen LogP contribution in [0, 0.1) is 11.3 Å². The van der Waals surface area contributed by atoms with Crippen molar-refractivity contribution >= 4 is 27.6 Å². The zero-order valence-corrected chi connectivity index (χ0v) is 25.8. The molecule has 5 heterocycles. The van der Waals surface area contributed by atoms with Crippen molar-refractivity contribution in [1.82, 2.24) is 24.8 Å². The average Bonchev–Trinajstić information content (AvgIpc) is 3.80. The first-order valence-electron chi connectivity index (χ1n) is 16.1. The van der Waals surface area contributed by atoms with Gasteiger partial charge in [0.2, 0.25) is 5.88 Å². The molecule has 2 aromatic heterocycles. The monoisotopic (exact) mass is 577 g/mol. The fourth-order valence-electron chi connectivity index (χ4n) is 8.07. The van der Waals surface area contributed by atoms with Gasteiger partial charge in [-0.05, 0) is 86.9 Å². The number of nitrogens with one attached hydrogen (secondary N) is 1. The quantitative estimate of drug-likeness (QED) is 0.275. The Hall–Kier alpha value is -3.67. The Morgan fingerprint density at radius 1 is 1.12 bits per heavy atom. The van der Waals surface area contributed by atoms with E-state index in [-0.39, 0.29) is 5.54 Å². The molecule has 43 heavy (non-hydrogen) atoms. The molecule has 0 aliphatic carbocycles. The molecule has 8 nitrogen and oxygen atoms in total. The molecule has 0 bridgehead atoms. The molecule has 4 aromatic rings. The summed E-state index contributed by atoms with van der Waals surface area (Å²) in [6.07, 6.45) is 9.90. The van der Waals surface area contributed by atoms with Gasteiger partial charge in [-0.3, -0.25) is 4.90 Å². The van der Waals surface area contributed by atoms with Gasteiger partial charge >= 0.3 is 0 Å². The minimum atomic E-state index is 0.0972. The third-order valence-electron chi connectivity index (χ3n) is 10.2. The van der Waals surface area contributed by atoms with Crippen LogP contribution < -0.4 is 15.0 Å². The molecule has 8 heteroatoms. The molecule has 2 atom stereocenters. The highest BCUT2D eigenvalue weighted by atomic mass is 16.5. The third kappa shape index (κ3) is 5.03. The fraction of sp³-hybridized carbons (Fsp3) is 0.514.